The van der Waals surface area contributed by atoms with Gasteiger partial charge in [-0.3, -0.25) is 4.79 Å². The van der Waals surface area contributed by atoms with E-state index < -0.39 is 10.0 Å². The fraction of sp³-hybridized carbons (Fsp3) is 0.278. The fourth-order valence-corrected chi connectivity index (χ4v) is 3.94. The van der Waals surface area contributed by atoms with Crippen molar-refractivity contribution in [1.82, 2.24) is 9.62 Å². The number of anilines is 1. The lowest BCUT2D eigenvalue weighted by atomic mass is 10.1. The summed E-state index contributed by atoms with van der Waals surface area (Å²) in [5.41, 5.74) is 3.96. The third-order valence-corrected chi connectivity index (χ3v) is 6.26. The Labute approximate surface area is 147 Å². The molecule has 0 bridgehead atoms. The number of rotatable bonds is 4. The van der Waals surface area contributed by atoms with Crippen LogP contribution in [0.1, 0.15) is 27.0 Å². The second-order valence-corrected chi connectivity index (χ2v) is 8.43. The van der Waals surface area contributed by atoms with Crippen LogP contribution in [0.15, 0.2) is 41.3 Å². The Bertz CT molecular complexity index is 937. The summed E-state index contributed by atoms with van der Waals surface area (Å²) in [5, 5.41) is 6.03. The van der Waals surface area contributed by atoms with Gasteiger partial charge in [-0.25, -0.2) is 12.7 Å². The molecule has 0 fully saturated rings. The summed E-state index contributed by atoms with van der Waals surface area (Å²) in [4.78, 5) is 12.7. The minimum absolute atomic E-state index is 0.188. The van der Waals surface area contributed by atoms with E-state index in [9.17, 15) is 13.2 Å². The lowest BCUT2D eigenvalue weighted by molar-refractivity contribution is 0.102. The van der Waals surface area contributed by atoms with Gasteiger partial charge in [0.25, 0.3) is 5.91 Å². The van der Waals surface area contributed by atoms with Crippen molar-refractivity contribution >= 4 is 21.6 Å². The standard InChI is InChI=1S/C18H21N3O3S/c1-12-4-7-16(9-17(12)25(23,24)21(2)3)20-18(22)13-5-6-14-10-19-11-15(14)8-13/h4-9,19H,10-11H2,1-3H3,(H,20,22). The number of carbonyl (C=O) groups is 1. The molecule has 3 rings (SSSR count). The van der Waals surface area contributed by atoms with E-state index in [0.717, 1.165) is 23.0 Å². The van der Waals surface area contributed by atoms with E-state index in [2.05, 4.69) is 10.6 Å². The first-order chi connectivity index (χ1) is 11.8. The summed E-state index contributed by atoms with van der Waals surface area (Å²) in [6.45, 7) is 3.31. The molecular formula is C18H21N3O3S. The first-order valence-corrected chi connectivity index (χ1v) is 9.40. The third-order valence-electron chi connectivity index (χ3n) is 4.30. The normalized spacial score (nSPS) is 13.8. The highest BCUT2D eigenvalue weighted by Crippen LogP contribution is 2.23. The van der Waals surface area contributed by atoms with Gasteiger partial charge in [0, 0.05) is 38.4 Å². The minimum Gasteiger partial charge on any atom is -0.322 e. The average molecular weight is 359 g/mol. The zero-order valence-corrected chi connectivity index (χ0v) is 15.3. The Kier molecular flexibility index (Phi) is 4.64. The molecular weight excluding hydrogens is 338 g/mol. The molecule has 1 aliphatic rings. The summed E-state index contributed by atoms with van der Waals surface area (Å²) >= 11 is 0. The topological polar surface area (TPSA) is 78.5 Å². The van der Waals surface area contributed by atoms with Crippen molar-refractivity contribution in [2.24, 2.45) is 0 Å². The summed E-state index contributed by atoms with van der Waals surface area (Å²) in [6.07, 6.45) is 0. The van der Waals surface area contributed by atoms with Crippen LogP contribution in [0.2, 0.25) is 0 Å². The number of hydrogen-bond acceptors (Lipinski definition) is 4. The van der Waals surface area contributed by atoms with Crippen molar-refractivity contribution in [2.75, 3.05) is 19.4 Å². The van der Waals surface area contributed by atoms with E-state index >= 15 is 0 Å². The van der Waals surface area contributed by atoms with Gasteiger partial charge in [0.05, 0.1) is 4.90 Å². The molecule has 1 heterocycles. The predicted molar refractivity (Wildman–Crippen MR) is 97.0 cm³/mol. The molecule has 0 saturated heterocycles. The maximum Gasteiger partial charge on any atom is 0.255 e. The molecule has 0 aromatic heterocycles. The first kappa shape index (κ1) is 17.6. The fourth-order valence-electron chi connectivity index (χ4n) is 2.79. The molecule has 0 atom stereocenters. The largest absolute Gasteiger partial charge is 0.322 e. The molecule has 1 amide bonds. The second-order valence-electron chi connectivity index (χ2n) is 6.31. The summed E-state index contributed by atoms with van der Waals surface area (Å²) in [7, 11) is -0.595. The zero-order valence-electron chi connectivity index (χ0n) is 14.5. The first-order valence-electron chi connectivity index (χ1n) is 7.96. The molecule has 0 aliphatic carbocycles. The van der Waals surface area contributed by atoms with Crippen LogP contribution in [0.25, 0.3) is 0 Å². The van der Waals surface area contributed by atoms with Crippen LogP contribution in [-0.2, 0) is 23.1 Å². The maximum absolute atomic E-state index is 12.5. The maximum atomic E-state index is 12.5. The molecule has 7 heteroatoms. The van der Waals surface area contributed by atoms with Gasteiger partial charge in [0.15, 0.2) is 0 Å². The zero-order chi connectivity index (χ0) is 18.2. The van der Waals surface area contributed by atoms with Gasteiger partial charge in [0.1, 0.15) is 0 Å². The molecule has 2 aromatic rings. The number of nitrogens with one attached hydrogen (secondary N) is 2. The summed E-state index contributed by atoms with van der Waals surface area (Å²) in [6, 6.07) is 10.5. The number of sulfonamides is 1. The summed E-state index contributed by atoms with van der Waals surface area (Å²) < 4.78 is 26.0. The molecule has 6 nitrogen and oxygen atoms in total. The van der Waals surface area contributed by atoms with Gasteiger partial charge >= 0.3 is 0 Å². The van der Waals surface area contributed by atoms with E-state index in [-0.39, 0.29) is 10.8 Å². The van der Waals surface area contributed by atoms with Crippen molar-refractivity contribution in [3.05, 3.63) is 58.7 Å². The lowest BCUT2D eigenvalue weighted by Gasteiger charge is -2.15. The summed E-state index contributed by atoms with van der Waals surface area (Å²) in [5.74, 6) is -0.258. The van der Waals surface area contributed by atoms with Gasteiger partial charge in [-0.05, 0) is 47.9 Å². The van der Waals surface area contributed by atoms with Gasteiger partial charge < -0.3 is 10.6 Å². The van der Waals surface area contributed by atoms with Crippen LogP contribution < -0.4 is 10.6 Å². The highest BCUT2D eigenvalue weighted by Gasteiger charge is 2.21. The third kappa shape index (κ3) is 3.44. The van der Waals surface area contributed by atoms with Crippen molar-refractivity contribution in [3.8, 4) is 0 Å². The lowest BCUT2D eigenvalue weighted by Crippen LogP contribution is -2.23. The van der Waals surface area contributed by atoms with Gasteiger partial charge in [-0.2, -0.15) is 0 Å². The number of carbonyl (C=O) groups excluding carboxylic acids is 1. The van der Waals surface area contributed by atoms with E-state index in [1.165, 1.54) is 25.7 Å². The van der Waals surface area contributed by atoms with Crippen molar-refractivity contribution in [3.63, 3.8) is 0 Å². The molecule has 0 saturated carbocycles. The van der Waals surface area contributed by atoms with E-state index in [4.69, 9.17) is 0 Å². The number of aryl methyl sites for hydroxylation is 1. The Morgan fingerprint density at radius 3 is 2.52 bits per heavy atom. The Hall–Kier alpha value is -2.22. The van der Waals surface area contributed by atoms with Gasteiger partial charge in [0.2, 0.25) is 10.0 Å². The van der Waals surface area contributed by atoms with Crippen LogP contribution in [0, 0.1) is 6.92 Å². The second kappa shape index (κ2) is 6.59. The molecule has 0 unspecified atom stereocenters. The Morgan fingerprint density at radius 1 is 1.08 bits per heavy atom. The van der Waals surface area contributed by atoms with Crippen molar-refractivity contribution in [1.29, 1.82) is 0 Å². The number of hydrogen-bond donors (Lipinski definition) is 2. The van der Waals surface area contributed by atoms with Crippen LogP contribution in [0.5, 0.6) is 0 Å². The molecule has 0 radical (unpaired) electrons. The van der Waals surface area contributed by atoms with Crippen LogP contribution >= 0.6 is 0 Å². The molecule has 132 valence electrons. The quantitative estimate of drug-likeness (QED) is 0.876. The molecule has 2 aromatic carbocycles. The molecule has 25 heavy (non-hydrogen) atoms. The van der Waals surface area contributed by atoms with Gasteiger partial charge in [-0.15, -0.1) is 0 Å². The number of amides is 1. The SMILES string of the molecule is Cc1ccc(NC(=O)c2ccc3c(c2)CNC3)cc1S(=O)(=O)N(C)C. The van der Waals surface area contributed by atoms with Crippen molar-refractivity contribution < 1.29 is 13.2 Å². The van der Waals surface area contributed by atoms with Crippen LogP contribution in [0.3, 0.4) is 0 Å². The van der Waals surface area contributed by atoms with Crippen molar-refractivity contribution in [2.45, 2.75) is 24.9 Å². The Morgan fingerprint density at radius 2 is 1.80 bits per heavy atom. The monoisotopic (exact) mass is 359 g/mol. The van der Waals surface area contributed by atoms with Crippen LogP contribution in [0.4, 0.5) is 5.69 Å². The molecule has 2 N–H and O–H groups in total. The minimum atomic E-state index is -3.56. The number of benzene rings is 2. The van der Waals surface area contributed by atoms with Gasteiger partial charge in [-0.1, -0.05) is 12.1 Å². The molecule has 1 aliphatic heterocycles. The van der Waals surface area contributed by atoms with E-state index in [0.29, 0.717) is 16.8 Å². The predicted octanol–water partition coefficient (Wildman–Crippen LogP) is 2.10. The number of nitrogens with zero attached hydrogens (tertiary/aromatic N) is 1. The highest BCUT2D eigenvalue weighted by atomic mass is 32.2. The number of fused-ring (bicyclic) bond motifs is 1. The Balaban J connectivity index is 1.87. The smallest absolute Gasteiger partial charge is 0.255 e. The van der Waals surface area contributed by atoms with Crippen LogP contribution in [-0.4, -0.2) is 32.7 Å². The van der Waals surface area contributed by atoms with E-state index in [1.54, 1.807) is 25.1 Å². The van der Waals surface area contributed by atoms with E-state index in [1.807, 2.05) is 12.1 Å². The highest BCUT2D eigenvalue weighted by molar-refractivity contribution is 7.89. The molecule has 0 spiro atoms. The average Bonchev–Trinajstić information content (AvgIpc) is 3.03.